The largest absolute Gasteiger partial charge is 0.484 e. The second-order valence-electron chi connectivity index (χ2n) is 8.39. The van der Waals surface area contributed by atoms with Crippen LogP contribution in [0.3, 0.4) is 0 Å². The maximum Gasteiger partial charge on any atom is 0.337 e. The number of rotatable bonds is 9. The first-order valence-electron chi connectivity index (χ1n) is 11.6. The molecule has 0 aromatic heterocycles. The van der Waals surface area contributed by atoms with Crippen molar-refractivity contribution in [2.24, 2.45) is 0 Å². The lowest BCUT2D eigenvalue weighted by atomic mass is 10.1. The Hall–Kier alpha value is -4.17. The smallest absolute Gasteiger partial charge is 0.337 e. The molecule has 1 saturated heterocycles. The number of hydrogen-bond acceptors (Lipinski definition) is 6. The number of para-hydroxylation sites is 1. The van der Waals surface area contributed by atoms with E-state index in [9.17, 15) is 19.2 Å². The zero-order valence-electron chi connectivity index (χ0n) is 20.1. The van der Waals surface area contributed by atoms with E-state index >= 15 is 0 Å². The molecule has 0 spiro atoms. The number of esters is 1. The molecule has 0 saturated carbocycles. The summed E-state index contributed by atoms with van der Waals surface area (Å²) in [6.07, 6.45) is 0.271. The molecule has 1 heterocycles. The van der Waals surface area contributed by atoms with Gasteiger partial charge in [0.1, 0.15) is 11.8 Å². The van der Waals surface area contributed by atoms with E-state index in [2.05, 4.69) is 0 Å². The van der Waals surface area contributed by atoms with Crippen LogP contribution in [-0.2, 0) is 25.5 Å². The third kappa shape index (κ3) is 6.16. The van der Waals surface area contributed by atoms with Gasteiger partial charge in [-0.15, -0.1) is 0 Å². The molecule has 9 heteroatoms. The summed E-state index contributed by atoms with van der Waals surface area (Å²) in [5.74, 6) is -1.38. The van der Waals surface area contributed by atoms with Crippen LogP contribution < -0.4 is 9.64 Å². The van der Waals surface area contributed by atoms with Gasteiger partial charge in [0.25, 0.3) is 11.8 Å². The topological polar surface area (TPSA) is 93.2 Å². The number of carbonyl (C=O) groups is 4. The van der Waals surface area contributed by atoms with Crippen molar-refractivity contribution in [1.29, 1.82) is 0 Å². The zero-order valence-corrected chi connectivity index (χ0v) is 20.9. The Morgan fingerprint density at radius 1 is 1.00 bits per heavy atom. The number of hydrogen-bond donors (Lipinski definition) is 0. The van der Waals surface area contributed by atoms with Crippen molar-refractivity contribution in [3.63, 3.8) is 0 Å². The third-order valence-electron chi connectivity index (χ3n) is 6.00. The van der Waals surface area contributed by atoms with Crippen molar-refractivity contribution in [3.05, 3.63) is 95.0 Å². The molecule has 1 unspecified atom stereocenters. The van der Waals surface area contributed by atoms with Gasteiger partial charge in [-0.1, -0.05) is 41.9 Å². The summed E-state index contributed by atoms with van der Waals surface area (Å²) in [6.45, 7) is -0.0957. The van der Waals surface area contributed by atoms with Gasteiger partial charge in [-0.25, -0.2) is 9.69 Å². The summed E-state index contributed by atoms with van der Waals surface area (Å²) < 4.78 is 10.3. The van der Waals surface area contributed by atoms with Crippen LogP contribution in [0.15, 0.2) is 78.9 Å². The fourth-order valence-corrected chi connectivity index (χ4v) is 4.35. The summed E-state index contributed by atoms with van der Waals surface area (Å²) in [5, 5.41) is 0.566. The van der Waals surface area contributed by atoms with Gasteiger partial charge < -0.3 is 14.4 Å². The zero-order chi connectivity index (χ0) is 26.4. The molecule has 3 amide bonds. The molecule has 37 heavy (non-hydrogen) atoms. The second kappa shape index (κ2) is 11.7. The van der Waals surface area contributed by atoms with Crippen LogP contribution in [0, 0.1) is 0 Å². The summed E-state index contributed by atoms with van der Waals surface area (Å²) >= 11 is 6.10. The molecule has 1 fully saturated rings. The third-order valence-corrected chi connectivity index (χ3v) is 6.24. The molecule has 190 valence electrons. The summed E-state index contributed by atoms with van der Waals surface area (Å²) in [6, 6.07) is 21.1. The monoisotopic (exact) mass is 520 g/mol. The van der Waals surface area contributed by atoms with E-state index in [1.54, 1.807) is 36.4 Å². The minimum absolute atomic E-state index is 0.162. The number of nitrogens with zero attached hydrogens (tertiary/aromatic N) is 2. The molecule has 0 aliphatic carbocycles. The average Bonchev–Trinajstić information content (AvgIpc) is 3.21. The van der Waals surface area contributed by atoms with Crippen molar-refractivity contribution in [2.45, 2.75) is 18.9 Å². The predicted molar refractivity (Wildman–Crippen MR) is 137 cm³/mol. The lowest BCUT2D eigenvalue weighted by Crippen LogP contribution is -2.48. The van der Waals surface area contributed by atoms with Gasteiger partial charge in [0.05, 0.1) is 24.8 Å². The van der Waals surface area contributed by atoms with Crippen LogP contribution in [0.25, 0.3) is 0 Å². The second-order valence-corrected chi connectivity index (χ2v) is 8.83. The summed E-state index contributed by atoms with van der Waals surface area (Å²) in [5.41, 5.74) is 1.49. The van der Waals surface area contributed by atoms with Crippen LogP contribution in [-0.4, -0.2) is 54.9 Å². The van der Waals surface area contributed by atoms with E-state index in [0.717, 1.165) is 10.5 Å². The Bertz CT molecular complexity index is 1300. The first kappa shape index (κ1) is 25.9. The molecule has 1 atom stereocenters. The number of anilines is 1. The van der Waals surface area contributed by atoms with Crippen LogP contribution >= 0.6 is 11.6 Å². The Morgan fingerprint density at radius 2 is 1.73 bits per heavy atom. The molecule has 3 aromatic carbocycles. The van der Waals surface area contributed by atoms with Gasteiger partial charge >= 0.3 is 5.97 Å². The van der Waals surface area contributed by atoms with E-state index in [-0.39, 0.29) is 19.6 Å². The Kier molecular flexibility index (Phi) is 8.20. The molecular formula is C28H25ClN2O6. The first-order chi connectivity index (χ1) is 17.9. The maximum atomic E-state index is 13.4. The number of ether oxygens (including phenoxy) is 2. The van der Waals surface area contributed by atoms with E-state index in [1.807, 2.05) is 18.2 Å². The highest BCUT2D eigenvalue weighted by Crippen LogP contribution is 2.27. The first-order valence-corrected chi connectivity index (χ1v) is 12.0. The van der Waals surface area contributed by atoms with Gasteiger partial charge in [-0.05, 0) is 60.5 Å². The molecule has 1 aliphatic rings. The van der Waals surface area contributed by atoms with Crippen LogP contribution in [0.5, 0.6) is 5.75 Å². The van der Waals surface area contributed by atoms with E-state index in [1.165, 1.54) is 36.3 Å². The molecule has 0 bridgehead atoms. The standard InChI is InChI=1S/C28H25ClN2O6/c1-36-28(35)20-10-12-22(13-11-20)31-25(32)17-24(27(31)34)30(15-14-19-6-5-7-21(29)16-19)26(33)18-37-23-8-3-2-4-9-23/h2-13,16,24H,14-15,17-18H2,1H3. The quantitative estimate of drug-likeness (QED) is 0.314. The molecule has 1 aliphatic heterocycles. The fourth-order valence-electron chi connectivity index (χ4n) is 4.14. The van der Waals surface area contributed by atoms with Gasteiger partial charge in [-0.2, -0.15) is 0 Å². The van der Waals surface area contributed by atoms with Crippen LogP contribution in [0.1, 0.15) is 22.3 Å². The predicted octanol–water partition coefficient (Wildman–Crippen LogP) is 3.91. The van der Waals surface area contributed by atoms with Crippen molar-refractivity contribution in [2.75, 3.05) is 25.2 Å². The average molecular weight is 521 g/mol. The number of benzene rings is 3. The van der Waals surface area contributed by atoms with E-state index in [0.29, 0.717) is 28.4 Å². The number of amides is 3. The number of methoxy groups -OCH3 is 1. The molecular weight excluding hydrogens is 496 g/mol. The van der Waals surface area contributed by atoms with Crippen molar-refractivity contribution >= 4 is 41.0 Å². The fraction of sp³-hybridized carbons (Fsp3) is 0.214. The van der Waals surface area contributed by atoms with E-state index < -0.39 is 29.7 Å². The minimum Gasteiger partial charge on any atom is -0.484 e. The Balaban J connectivity index is 1.54. The molecule has 8 nitrogen and oxygen atoms in total. The maximum absolute atomic E-state index is 13.4. The van der Waals surface area contributed by atoms with Crippen molar-refractivity contribution in [1.82, 2.24) is 4.90 Å². The molecule has 0 N–H and O–H groups in total. The Morgan fingerprint density at radius 3 is 2.41 bits per heavy atom. The number of carbonyl (C=O) groups excluding carboxylic acids is 4. The molecule has 0 radical (unpaired) electrons. The van der Waals surface area contributed by atoms with E-state index in [4.69, 9.17) is 21.1 Å². The van der Waals surface area contributed by atoms with Crippen molar-refractivity contribution in [3.8, 4) is 5.75 Å². The lowest BCUT2D eigenvalue weighted by molar-refractivity contribution is -0.140. The highest BCUT2D eigenvalue weighted by Gasteiger charge is 2.44. The highest BCUT2D eigenvalue weighted by atomic mass is 35.5. The molecule has 3 aromatic rings. The van der Waals surface area contributed by atoms with Gasteiger partial charge in [0, 0.05) is 11.6 Å². The lowest BCUT2D eigenvalue weighted by Gasteiger charge is -2.28. The highest BCUT2D eigenvalue weighted by molar-refractivity contribution is 6.30. The Labute approximate surface area is 219 Å². The minimum atomic E-state index is -0.987. The SMILES string of the molecule is COC(=O)c1ccc(N2C(=O)CC(N(CCc3cccc(Cl)c3)C(=O)COc3ccccc3)C2=O)cc1. The number of halogens is 1. The van der Waals surface area contributed by atoms with Crippen LogP contribution in [0.2, 0.25) is 5.02 Å². The summed E-state index contributed by atoms with van der Waals surface area (Å²) in [7, 11) is 1.27. The van der Waals surface area contributed by atoms with Gasteiger partial charge in [-0.3, -0.25) is 14.4 Å². The number of imide groups is 1. The normalized spacial score (nSPS) is 15.0. The van der Waals surface area contributed by atoms with Gasteiger partial charge in [0.15, 0.2) is 6.61 Å². The summed E-state index contributed by atoms with van der Waals surface area (Å²) in [4.78, 5) is 53.8. The molecule has 4 rings (SSSR count). The van der Waals surface area contributed by atoms with Gasteiger partial charge in [0.2, 0.25) is 5.91 Å². The van der Waals surface area contributed by atoms with Crippen molar-refractivity contribution < 1.29 is 28.7 Å². The van der Waals surface area contributed by atoms with Crippen LogP contribution in [0.4, 0.5) is 5.69 Å².